The number of esters is 2. The SMILES string of the molecule is C#CC#CC#CC#CC#CC#CC(=O)OC[C@@H](COP(=O)([O-])[O-])OC(=O)CCCCCCC.[Na+].[Na+]. The third-order valence-corrected chi connectivity index (χ3v) is 3.80. The zero-order valence-electron chi connectivity index (χ0n) is 20.0. The van der Waals surface area contributed by atoms with E-state index in [9.17, 15) is 23.9 Å². The smallest absolute Gasteiger partial charge is 0.790 e. The first kappa shape index (κ1) is 37.9. The van der Waals surface area contributed by atoms with Gasteiger partial charge in [0.1, 0.15) is 6.61 Å². The Hall–Kier alpha value is -1.59. The Bertz CT molecular complexity index is 1060. The molecule has 172 valence electrons. The summed E-state index contributed by atoms with van der Waals surface area (Å²) in [5, 5.41) is 0. The molecule has 0 aromatic carbocycles. The van der Waals surface area contributed by atoms with Gasteiger partial charge in [-0.1, -0.05) is 32.6 Å². The Morgan fingerprint density at radius 3 is 1.94 bits per heavy atom. The van der Waals surface area contributed by atoms with Gasteiger partial charge in [-0.15, -0.1) is 6.42 Å². The van der Waals surface area contributed by atoms with Crippen molar-refractivity contribution in [2.75, 3.05) is 13.2 Å². The van der Waals surface area contributed by atoms with Crippen LogP contribution in [0.5, 0.6) is 0 Å². The molecule has 0 rings (SSSR count). The molecule has 11 heteroatoms. The number of rotatable bonds is 12. The van der Waals surface area contributed by atoms with Crippen molar-refractivity contribution in [3.05, 3.63) is 0 Å². The minimum atomic E-state index is -5.30. The summed E-state index contributed by atoms with van der Waals surface area (Å²) >= 11 is 0. The molecule has 0 bridgehead atoms. The van der Waals surface area contributed by atoms with Gasteiger partial charge in [-0.2, -0.15) is 0 Å². The van der Waals surface area contributed by atoms with Gasteiger partial charge in [0, 0.05) is 12.3 Å². The molecule has 0 unspecified atom stereocenters. The van der Waals surface area contributed by atoms with Crippen molar-refractivity contribution in [3.8, 4) is 71.5 Å². The Morgan fingerprint density at radius 1 is 0.857 bits per heavy atom. The standard InChI is InChI=1S/C24H23O8P.2Na/c1-3-5-7-9-10-11-12-13-15-16-18-23(25)30-20-22(21-31-33(27,28)29)32-24(26)19-17-14-8-6-4-2;;/h1,22H,4,6,8,14,17,19-21H2,2H3,(H2,27,28,29);;/q;2*+1/p-2/t22-;;/m0../s1. The molecule has 0 aliphatic carbocycles. The van der Waals surface area contributed by atoms with Gasteiger partial charge in [0.25, 0.3) is 0 Å². The maximum Gasteiger partial charge on any atom is 1.00 e. The molecule has 8 nitrogen and oxygen atoms in total. The van der Waals surface area contributed by atoms with Gasteiger partial charge >= 0.3 is 71.1 Å². The van der Waals surface area contributed by atoms with Crippen LogP contribution in [0.3, 0.4) is 0 Å². The predicted molar refractivity (Wildman–Crippen MR) is 115 cm³/mol. The number of unbranched alkanes of at least 4 members (excludes halogenated alkanes) is 4. The molecule has 0 radical (unpaired) electrons. The van der Waals surface area contributed by atoms with Crippen LogP contribution in [0.1, 0.15) is 45.4 Å². The fraction of sp³-hybridized carbons (Fsp3) is 0.417. The van der Waals surface area contributed by atoms with E-state index in [0.29, 0.717) is 6.42 Å². The third-order valence-electron chi connectivity index (χ3n) is 3.34. The molecular weight excluding hydrogens is 493 g/mol. The van der Waals surface area contributed by atoms with Crippen molar-refractivity contribution in [1.29, 1.82) is 0 Å². The zero-order valence-corrected chi connectivity index (χ0v) is 24.9. The van der Waals surface area contributed by atoms with E-state index < -0.39 is 39.1 Å². The second kappa shape index (κ2) is 25.5. The molecule has 0 fully saturated rings. The second-order valence-corrected chi connectivity index (χ2v) is 7.16. The molecule has 0 aliphatic rings. The van der Waals surface area contributed by atoms with Crippen molar-refractivity contribution < 1.29 is 97.1 Å². The summed E-state index contributed by atoms with van der Waals surface area (Å²) in [6, 6.07) is 0. The monoisotopic (exact) mass is 514 g/mol. The van der Waals surface area contributed by atoms with E-state index in [4.69, 9.17) is 15.9 Å². The third kappa shape index (κ3) is 28.5. The van der Waals surface area contributed by atoms with Gasteiger partial charge in [0.05, 0.1) is 14.4 Å². The number of terminal acetylenes is 1. The van der Waals surface area contributed by atoms with Crippen LogP contribution in [-0.4, -0.2) is 31.3 Å². The minimum Gasteiger partial charge on any atom is -0.790 e. The van der Waals surface area contributed by atoms with Gasteiger partial charge in [0.15, 0.2) is 6.10 Å². The van der Waals surface area contributed by atoms with Crippen LogP contribution in [0.2, 0.25) is 0 Å². The largest absolute Gasteiger partial charge is 1.00 e. The second-order valence-electron chi connectivity index (χ2n) is 6.01. The van der Waals surface area contributed by atoms with Crippen LogP contribution in [0.4, 0.5) is 0 Å². The predicted octanol–water partition coefficient (Wildman–Crippen LogP) is -5.69. The van der Waals surface area contributed by atoms with Crippen LogP contribution in [0, 0.1) is 71.5 Å². The van der Waals surface area contributed by atoms with Crippen molar-refractivity contribution in [1.82, 2.24) is 0 Å². The van der Waals surface area contributed by atoms with E-state index in [2.05, 4.69) is 70.7 Å². The van der Waals surface area contributed by atoms with Crippen LogP contribution >= 0.6 is 7.82 Å². The van der Waals surface area contributed by atoms with Crippen molar-refractivity contribution in [2.45, 2.75) is 51.6 Å². The van der Waals surface area contributed by atoms with Crippen molar-refractivity contribution >= 4 is 19.8 Å². The van der Waals surface area contributed by atoms with E-state index in [-0.39, 0.29) is 65.5 Å². The number of hydrogen-bond donors (Lipinski definition) is 0. The number of phosphoric ester groups is 1. The average molecular weight is 514 g/mol. The van der Waals surface area contributed by atoms with E-state index in [1.54, 1.807) is 0 Å². The summed E-state index contributed by atoms with van der Waals surface area (Å²) in [6.07, 6.45) is 8.22. The molecule has 1 atom stereocenters. The summed E-state index contributed by atoms with van der Waals surface area (Å²) in [5.41, 5.74) is 0. The summed E-state index contributed by atoms with van der Waals surface area (Å²) in [7, 11) is -5.30. The Balaban J connectivity index is -0.00000512. The van der Waals surface area contributed by atoms with Gasteiger partial charge < -0.3 is 28.3 Å². The molecule has 0 spiro atoms. The molecule has 0 heterocycles. The van der Waals surface area contributed by atoms with Crippen molar-refractivity contribution in [2.24, 2.45) is 0 Å². The molecule has 35 heavy (non-hydrogen) atoms. The summed E-state index contributed by atoms with van der Waals surface area (Å²) < 4.78 is 24.6. The number of carbonyl (C=O) groups is 2. The number of carbonyl (C=O) groups excluding carboxylic acids is 2. The fourth-order valence-electron chi connectivity index (χ4n) is 1.95. The first-order valence-corrected chi connectivity index (χ1v) is 11.2. The summed E-state index contributed by atoms with van der Waals surface area (Å²) in [6.45, 7) is 0.720. The van der Waals surface area contributed by atoms with Crippen LogP contribution in [-0.2, 0) is 28.2 Å². The average Bonchev–Trinajstić information content (AvgIpc) is 2.76. The Morgan fingerprint density at radius 2 is 1.40 bits per heavy atom. The molecular formula is C24H21Na2O8P. The van der Waals surface area contributed by atoms with E-state index >= 15 is 0 Å². The first-order chi connectivity index (χ1) is 15.8. The van der Waals surface area contributed by atoms with Crippen molar-refractivity contribution in [3.63, 3.8) is 0 Å². The molecule has 0 aromatic heterocycles. The number of hydrogen-bond acceptors (Lipinski definition) is 8. The zero-order chi connectivity index (χ0) is 24.8. The van der Waals surface area contributed by atoms with Gasteiger partial charge in [-0.05, 0) is 65.6 Å². The molecule has 0 aromatic rings. The fourth-order valence-corrected chi connectivity index (χ4v) is 2.30. The Labute approximate surface area is 251 Å². The summed E-state index contributed by atoms with van der Waals surface area (Å²) in [4.78, 5) is 44.9. The maximum absolute atomic E-state index is 11.9. The minimum absolute atomic E-state index is 0. The molecule has 0 N–H and O–H groups in total. The molecule has 0 saturated carbocycles. The van der Waals surface area contributed by atoms with Crippen LogP contribution < -0.4 is 68.9 Å². The topological polar surface area (TPSA) is 125 Å². The van der Waals surface area contributed by atoms with Crippen LogP contribution in [0.15, 0.2) is 0 Å². The first-order valence-electron chi connectivity index (χ1n) is 9.78. The maximum atomic E-state index is 11.9. The van der Waals surface area contributed by atoms with Gasteiger partial charge in [-0.25, -0.2) is 4.79 Å². The summed E-state index contributed by atoms with van der Waals surface area (Å²) in [5.74, 6) is 23.3. The van der Waals surface area contributed by atoms with Crippen LogP contribution in [0.25, 0.3) is 0 Å². The van der Waals surface area contributed by atoms with E-state index in [0.717, 1.165) is 25.7 Å². The Kier molecular flexibility index (Phi) is 27.7. The number of ether oxygens (including phenoxy) is 2. The van der Waals surface area contributed by atoms with E-state index in [1.807, 2.05) is 5.92 Å². The molecule has 0 saturated heterocycles. The van der Waals surface area contributed by atoms with Gasteiger partial charge in [0.2, 0.25) is 0 Å². The van der Waals surface area contributed by atoms with Gasteiger partial charge in [-0.3, -0.25) is 4.79 Å². The quantitative estimate of drug-likeness (QED) is 0.0631. The number of phosphoric acid groups is 1. The van der Waals surface area contributed by atoms with E-state index in [1.165, 1.54) is 0 Å². The molecule has 0 amide bonds. The normalized spacial score (nSPS) is 9.20. The molecule has 0 aliphatic heterocycles.